The van der Waals surface area contributed by atoms with Crippen molar-refractivity contribution in [1.29, 1.82) is 0 Å². The molecule has 2 aliphatic rings. The molecule has 0 aromatic heterocycles. The molecular weight excluding hydrogens is 334 g/mol. The number of rotatable bonds is 3. The van der Waals surface area contributed by atoms with Gasteiger partial charge in [0.1, 0.15) is 0 Å². The third kappa shape index (κ3) is 4.25. The summed E-state index contributed by atoms with van der Waals surface area (Å²) < 4.78 is 26.5. The molecule has 3 rings (SSSR count). The van der Waals surface area contributed by atoms with E-state index in [4.69, 9.17) is 11.6 Å². The second kappa shape index (κ2) is 7.36. The molecule has 0 radical (unpaired) electrons. The van der Waals surface area contributed by atoms with Crippen molar-refractivity contribution in [3.8, 4) is 0 Å². The molecule has 1 atom stereocenters. The largest absolute Gasteiger partial charge is 0.342 e. The monoisotopic (exact) mass is 356 g/mol. The molecule has 3 nitrogen and oxygen atoms in total. The summed E-state index contributed by atoms with van der Waals surface area (Å²) in [5.41, 5.74) is 1.06. The zero-order chi connectivity index (χ0) is 17.2. The van der Waals surface area contributed by atoms with Crippen LogP contribution in [-0.2, 0) is 11.3 Å². The Morgan fingerprint density at radius 2 is 1.92 bits per heavy atom. The number of alkyl halides is 2. The minimum Gasteiger partial charge on any atom is -0.342 e. The predicted octanol–water partition coefficient (Wildman–Crippen LogP) is 3.81. The highest BCUT2D eigenvalue weighted by Gasteiger charge is 2.38. The van der Waals surface area contributed by atoms with Crippen LogP contribution in [0.4, 0.5) is 8.78 Å². The Bertz CT molecular complexity index is 586. The van der Waals surface area contributed by atoms with Gasteiger partial charge in [0.15, 0.2) is 0 Å². The zero-order valence-corrected chi connectivity index (χ0v) is 14.4. The first-order valence-corrected chi connectivity index (χ1v) is 8.95. The highest BCUT2D eigenvalue weighted by Crippen LogP contribution is 2.30. The highest BCUT2D eigenvalue weighted by atomic mass is 35.5. The molecule has 132 valence electrons. The quantitative estimate of drug-likeness (QED) is 0.822. The van der Waals surface area contributed by atoms with Crippen molar-refractivity contribution >= 4 is 17.5 Å². The molecule has 1 aromatic carbocycles. The van der Waals surface area contributed by atoms with Crippen molar-refractivity contribution in [2.75, 3.05) is 26.2 Å². The summed E-state index contributed by atoms with van der Waals surface area (Å²) in [6.07, 6.45) is 1.36. The molecule has 24 heavy (non-hydrogen) atoms. The molecule has 0 saturated carbocycles. The van der Waals surface area contributed by atoms with E-state index in [0.717, 1.165) is 36.5 Å². The molecule has 1 unspecified atom stereocenters. The number of amides is 1. The van der Waals surface area contributed by atoms with E-state index in [1.165, 1.54) is 0 Å². The number of piperidine rings is 2. The topological polar surface area (TPSA) is 23.6 Å². The minimum atomic E-state index is -2.61. The van der Waals surface area contributed by atoms with Crippen molar-refractivity contribution in [1.82, 2.24) is 9.80 Å². The summed E-state index contributed by atoms with van der Waals surface area (Å²) in [7, 11) is 0. The molecule has 1 amide bonds. The molecular formula is C18H23ClF2N2O. The van der Waals surface area contributed by atoms with Gasteiger partial charge >= 0.3 is 0 Å². The van der Waals surface area contributed by atoms with E-state index in [-0.39, 0.29) is 37.8 Å². The van der Waals surface area contributed by atoms with Gasteiger partial charge in [-0.15, -0.1) is 0 Å². The number of carbonyl (C=O) groups is 1. The van der Waals surface area contributed by atoms with E-state index in [2.05, 4.69) is 4.90 Å². The van der Waals surface area contributed by atoms with E-state index in [9.17, 15) is 13.6 Å². The number of likely N-dealkylation sites (tertiary alicyclic amines) is 2. The lowest BCUT2D eigenvalue weighted by atomic mass is 9.94. The number of nitrogens with zero attached hydrogens (tertiary/aromatic N) is 2. The smallest absolute Gasteiger partial charge is 0.251 e. The maximum absolute atomic E-state index is 13.3. The number of hydrogen-bond donors (Lipinski definition) is 0. The summed E-state index contributed by atoms with van der Waals surface area (Å²) in [4.78, 5) is 16.5. The van der Waals surface area contributed by atoms with Crippen molar-refractivity contribution in [3.05, 3.63) is 34.9 Å². The van der Waals surface area contributed by atoms with Gasteiger partial charge in [-0.05, 0) is 31.0 Å². The zero-order valence-electron chi connectivity index (χ0n) is 13.7. The van der Waals surface area contributed by atoms with Gasteiger partial charge in [0, 0.05) is 44.0 Å². The van der Waals surface area contributed by atoms with Gasteiger partial charge in [-0.2, -0.15) is 0 Å². The maximum atomic E-state index is 13.3. The fourth-order valence-corrected chi connectivity index (χ4v) is 3.78. The highest BCUT2D eigenvalue weighted by molar-refractivity contribution is 6.31. The van der Waals surface area contributed by atoms with Gasteiger partial charge in [-0.25, -0.2) is 8.78 Å². The summed E-state index contributed by atoms with van der Waals surface area (Å²) in [6.45, 7) is 2.69. The fraction of sp³-hybridized carbons (Fsp3) is 0.611. The number of halogens is 3. The predicted molar refractivity (Wildman–Crippen MR) is 90.2 cm³/mol. The van der Waals surface area contributed by atoms with Crippen molar-refractivity contribution < 1.29 is 13.6 Å². The van der Waals surface area contributed by atoms with Crippen LogP contribution in [0.15, 0.2) is 24.3 Å². The maximum Gasteiger partial charge on any atom is 0.251 e. The molecule has 2 saturated heterocycles. The van der Waals surface area contributed by atoms with Crippen molar-refractivity contribution in [2.24, 2.45) is 5.92 Å². The van der Waals surface area contributed by atoms with E-state index >= 15 is 0 Å². The summed E-state index contributed by atoms with van der Waals surface area (Å²) in [5.74, 6) is -2.67. The molecule has 6 heteroatoms. The summed E-state index contributed by atoms with van der Waals surface area (Å²) >= 11 is 6.22. The lowest BCUT2D eigenvalue weighted by Crippen LogP contribution is -2.48. The van der Waals surface area contributed by atoms with Gasteiger partial charge in [0.2, 0.25) is 5.91 Å². The third-order valence-corrected chi connectivity index (χ3v) is 5.38. The third-order valence-electron chi connectivity index (χ3n) is 5.01. The van der Waals surface area contributed by atoms with Crippen LogP contribution in [0.25, 0.3) is 0 Å². The first-order chi connectivity index (χ1) is 11.4. The summed E-state index contributed by atoms with van der Waals surface area (Å²) in [5, 5.41) is 0.740. The normalized spacial score (nSPS) is 24.8. The van der Waals surface area contributed by atoms with Crippen LogP contribution < -0.4 is 0 Å². The summed E-state index contributed by atoms with van der Waals surface area (Å²) in [6, 6.07) is 7.74. The van der Waals surface area contributed by atoms with Crippen LogP contribution in [0.2, 0.25) is 5.02 Å². The molecule has 1 aromatic rings. The molecule has 0 aliphatic carbocycles. The van der Waals surface area contributed by atoms with Crippen LogP contribution in [0.3, 0.4) is 0 Å². The fourth-order valence-electron chi connectivity index (χ4n) is 3.58. The van der Waals surface area contributed by atoms with Gasteiger partial charge < -0.3 is 4.90 Å². The molecule has 2 heterocycles. The lowest BCUT2D eigenvalue weighted by molar-refractivity contribution is -0.143. The standard InChI is InChI=1S/C18H23ClF2N2O/c19-16-6-2-1-4-14(16)12-22-9-3-5-15(13-22)17(24)23-10-7-18(20,21)8-11-23/h1-2,4,6,15H,3,5,7-13H2. The number of carbonyl (C=O) groups excluding carboxylic acids is 1. The van der Waals surface area contributed by atoms with Crippen molar-refractivity contribution in [3.63, 3.8) is 0 Å². The molecule has 0 bridgehead atoms. The first kappa shape index (κ1) is 17.6. The van der Waals surface area contributed by atoms with Gasteiger partial charge in [-0.3, -0.25) is 9.69 Å². The average molecular weight is 357 g/mol. The Hall–Kier alpha value is -1.20. The SMILES string of the molecule is O=C(C1CCCN(Cc2ccccc2Cl)C1)N1CCC(F)(F)CC1. The number of benzene rings is 1. The molecule has 2 fully saturated rings. The van der Waals surface area contributed by atoms with E-state index in [1.54, 1.807) is 4.90 Å². The van der Waals surface area contributed by atoms with Crippen LogP contribution in [0.5, 0.6) is 0 Å². The van der Waals surface area contributed by atoms with Crippen molar-refractivity contribution in [2.45, 2.75) is 38.2 Å². The Balaban J connectivity index is 1.57. The molecule has 2 aliphatic heterocycles. The Kier molecular flexibility index (Phi) is 5.40. The Morgan fingerprint density at radius 3 is 2.62 bits per heavy atom. The van der Waals surface area contributed by atoms with E-state index in [1.807, 2.05) is 24.3 Å². The van der Waals surface area contributed by atoms with E-state index in [0.29, 0.717) is 6.54 Å². The first-order valence-electron chi connectivity index (χ1n) is 8.57. The number of hydrogen-bond acceptors (Lipinski definition) is 2. The lowest BCUT2D eigenvalue weighted by Gasteiger charge is -2.37. The van der Waals surface area contributed by atoms with Crippen LogP contribution >= 0.6 is 11.6 Å². The molecule has 0 N–H and O–H groups in total. The average Bonchev–Trinajstić information content (AvgIpc) is 2.57. The van der Waals surface area contributed by atoms with Gasteiger partial charge in [0.25, 0.3) is 5.92 Å². The molecule has 0 spiro atoms. The van der Waals surface area contributed by atoms with Crippen LogP contribution in [0.1, 0.15) is 31.2 Å². The van der Waals surface area contributed by atoms with Gasteiger partial charge in [0.05, 0.1) is 5.92 Å². The second-order valence-corrected chi connectivity index (χ2v) is 7.25. The van der Waals surface area contributed by atoms with E-state index < -0.39 is 5.92 Å². The Morgan fingerprint density at radius 1 is 1.21 bits per heavy atom. The van der Waals surface area contributed by atoms with Crippen LogP contribution in [-0.4, -0.2) is 47.8 Å². The Labute approximate surface area is 146 Å². The minimum absolute atomic E-state index is 0.0364. The second-order valence-electron chi connectivity index (χ2n) is 6.85. The van der Waals surface area contributed by atoms with Gasteiger partial charge in [-0.1, -0.05) is 29.8 Å². The van der Waals surface area contributed by atoms with Crippen LogP contribution in [0, 0.1) is 5.92 Å².